The maximum absolute atomic E-state index is 13.3. The molecule has 1 amide bonds. The van der Waals surface area contributed by atoms with Crippen molar-refractivity contribution in [2.75, 3.05) is 13.7 Å². The quantitative estimate of drug-likeness (QED) is 0.801. The highest BCUT2D eigenvalue weighted by Crippen LogP contribution is 2.57. The van der Waals surface area contributed by atoms with Crippen LogP contribution in [0, 0.1) is 11.3 Å². The zero-order chi connectivity index (χ0) is 17.8. The molecule has 1 saturated carbocycles. The van der Waals surface area contributed by atoms with E-state index >= 15 is 0 Å². The Bertz CT molecular complexity index is 689. The number of methoxy groups -OCH3 is 1. The van der Waals surface area contributed by atoms with Crippen molar-refractivity contribution in [2.45, 2.75) is 70.8 Å². The molecule has 3 nitrogen and oxygen atoms in total. The van der Waals surface area contributed by atoms with Crippen molar-refractivity contribution in [1.82, 2.24) is 4.90 Å². The van der Waals surface area contributed by atoms with Crippen LogP contribution < -0.4 is 4.74 Å². The fourth-order valence-corrected chi connectivity index (χ4v) is 5.78. The van der Waals surface area contributed by atoms with Gasteiger partial charge >= 0.3 is 0 Å². The lowest BCUT2D eigenvalue weighted by Crippen LogP contribution is -2.65. The number of carbonyl (C=O) groups is 1. The highest BCUT2D eigenvalue weighted by molar-refractivity contribution is 5.80. The number of nitrogens with zero attached hydrogens (tertiary/aromatic N) is 1. The topological polar surface area (TPSA) is 29.5 Å². The molecule has 0 N–H and O–H groups in total. The van der Waals surface area contributed by atoms with Gasteiger partial charge in [0, 0.05) is 23.9 Å². The molecule has 1 saturated heterocycles. The zero-order valence-electron chi connectivity index (χ0n) is 16.1. The van der Waals surface area contributed by atoms with Crippen molar-refractivity contribution >= 4 is 5.91 Å². The van der Waals surface area contributed by atoms with E-state index < -0.39 is 0 Å². The van der Waals surface area contributed by atoms with Gasteiger partial charge in [0.05, 0.1) is 7.11 Å². The molecule has 0 unspecified atom stereocenters. The predicted octanol–water partition coefficient (Wildman–Crippen LogP) is 4.33. The molecule has 1 heterocycles. The van der Waals surface area contributed by atoms with E-state index in [1.165, 1.54) is 24.0 Å². The highest BCUT2D eigenvalue weighted by Gasteiger charge is 2.57. The molecule has 3 aliphatic rings. The molecule has 2 aliphatic carbocycles. The Kier molecular flexibility index (Phi) is 3.90. The van der Waals surface area contributed by atoms with E-state index in [0.29, 0.717) is 5.91 Å². The molecular formula is C22H31NO2. The second-order valence-corrected chi connectivity index (χ2v) is 9.02. The van der Waals surface area contributed by atoms with Crippen molar-refractivity contribution < 1.29 is 9.53 Å². The minimum atomic E-state index is 0.0683. The fraction of sp³-hybridized carbons (Fsp3) is 0.682. The Morgan fingerprint density at radius 1 is 1.20 bits per heavy atom. The molecule has 0 spiro atoms. The maximum Gasteiger partial charge on any atom is 0.225 e. The van der Waals surface area contributed by atoms with Gasteiger partial charge in [0.2, 0.25) is 5.91 Å². The zero-order valence-corrected chi connectivity index (χ0v) is 16.1. The Morgan fingerprint density at radius 2 is 1.92 bits per heavy atom. The van der Waals surface area contributed by atoms with Gasteiger partial charge in [-0.25, -0.2) is 0 Å². The van der Waals surface area contributed by atoms with Gasteiger partial charge in [-0.05, 0) is 48.3 Å². The first-order valence-corrected chi connectivity index (χ1v) is 9.87. The molecule has 0 aromatic heterocycles. The van der Waals surface area contributed by atoms with E-state index in [2.05, 4.69) is 43.9 Å². The first-order valence-electron chi connectivity index (χ1n) is 9.87. The average Bonchev–Trinajstić information content (AvgIpc) is 3.12. The van der Waals surface area contributed by atoms with Crippen LogP contribution >= 0.6 is 0 Å². The molecule has 136 valence electrons. The molecule has 2 fully saturated rings. The van der Waals surface area contributed by atoms with Gasteiger partial charge < -0.3 is 9.64 Å². The van der Waals surface area contributed by atoms with Crippen molar-refractivity contribution in [2.24, 2.45) is 11.3 Å². The lowest BCUT2D eigenvalue weighted by Gasteiger charge is -2.61. The van der Waals surface area contributed by atoms with Gasteiger partial charge in [0.1, 0.15) is 5.75 Å². The lowest BCUT2D eigenvalue weighted by atomic mass is 9.51. The number of likely N-dealkylation sites (tertiary alicyclic amines) is 1. The summed E-state index contributed by atoms with van der Waals surface area (Å²) < 4.78 is 5.68. The number of benzene rings is 1. The van der Waals surface area contributed by atoms with E-state index in [0.717, 1.165) is 38.0 Å². The summed E-state index contributed by atoms with van der Waals surface area (Å²) in [6.45, 7) is 8.04. The van der Waals surface area contributed by atoms with Crippen LogP contribution in [-0.2, 0) is 16.6 Å². The van der Waals surface area contributed by atoms with Crippen molar-refractivity contribution in [1.29, 1.82) is 0 Å². The smallest absolute Gasteiger partial charge is 0.225 e. The summed E-state index contributed by atoms with van der Waals surface area (Å²) in [4.78, 5) is 15.5. The van der Waals surface area contributed by atoms with Gasteiger partial charge in [-0.1, -0.05) is 45.7 Å². The molecule has 4 rings (SSSR count). The van der Waals surface area contributed by atoms with Crippen LogP contribution in [0.15, 0.2) is 18.2 Å². The Balaban J connectivity index is 1.77. The summed E-state index contributed by atoms with van der Waals surface area (Å²) in [7, 11) is 1.76. The highest BCUT2D eigenvalue weighted by atomic mass is 16.5. The minimum Gasteiger partial charge on any atom is -0.496 e. The first kappa shape index (κ1) is 16.9. The number of fused-ring (bicyclic) bond motifs is 4. The predicted molar refractivity (Wildman–Crippen MR) is 99.9 cm³/mol. The second-order valence-electron chi connectivity index (χ2n) is 9.02. The number of rotatable bonds is 2. The van der Waals surface area contributed by atoms with E-state index in [1.54, 1.807) is 7.11 Å². The minimum absolute atomic E-state index is 0.0683. The Hall–Kier alpha value is -1.51. The number of ether oxygens (including phenoxy) is 1. The number of hydrogen-bond donors (Lipinski definition) is 0. The molecule has 2 bridgehead atoms. The SMILES string of the molecule is COc1cccc2c1C[C@@H]1N(C(=O)C3CCCC3)CC[C@]2(C)C1(C)C. The standard InChI is InChI=1S/C22H31NO2/c1-21(2)19-14-16-17(10-7-11-18(16)25-4)22(21,3)12-13-23(19)20(24)15-8-5-6-9-15/h7,10-11,15,19H,5-6,8-9,12-14H2,1-4H3/t19-,22-/m0/s1. The molecule has 25 heavy (non-hydrogen) atoms. The molecular weight excluding hydrogens is 310 g/mol. The van der Waals surface area contributed by atoms with E-state index in [-0.39, 0.29) is 22.8 Å². The van der Waals surface area contributed by atoms with Crippen LogP contribution in [0.4, 0.5) is 0 Å². The van der Waals surface area contributed by atoms with Gasteiger partial charge in [-0.3, -0.25) is 4.79 Å². The molecule has 1 aromatic rings. The Labute approximate surface area is 151 Å². The van der Waals surface area contributed by atoms with Crippen LogP contribution in [0.25, 0.3) is 0 Å². The fourth-order valence-electron chi connectivity index (χ4n) is 5.78. The third-order valence-corrected chi connectivity index (χ3v) is 7.82. The molecule has 1 aromatic carbocycles. The summed E-state index contributed by atoms with van der Waals surface area (Å²) in [5.74, 6) is 1.66. The van der Waals surface area contributed by atoms with Gasteiger partial charge in [0.25, 0.3) is 0 Å². The van der Waals surface area contributed by atoms with Crippen LogP contribution in [0.1, 0.15) is 64.0 Å². The Morgan fingerprint density at radius 3 is 2.60 bits per heavy atom. The second kappa shape index (κ2) is 5.75. The monoisotopic (exact) mass is 341 g/mol. The lowest BCUT2D eigenvalue weighted by molar-refractivity contribution is -0.148. The summed E-state index contributed by atoms with van der Waals surface area (Å²) >= 11 is 0. The van der Waals surface area contributed by atoms with Crippen LogP contribution in [-0.4, -0.2) is 30.5 Å². The van der Waals surface area contributed by atoms with Crippen LogP contribution in [0.3, 0.4) is 0 Å². The third-order valence-electron chi connectivity index (χ3n) is 7.82. The van der Waals surface area contributed by atoms with E-state index in [9.17, 15) is 4.79 Å². The molecule has 1 aliphatic heterocycles. The number of carbonyl (C=O) groups excluding carboxylic acids is 1. The average molecular weight is 341 g/mol. The van der Waals surface area contributed by atoms with Crippen molar-refractivity contribution in [3.05, 3.63) is 29.3 Å². The third kappa shape index (κ3) is 2.27. The number of piperidine rings is 1. The van der Waals surface area contributed by atoms with Crippen LogP contribution in [0.5, 0.6) is 5.75 Å². The van der Waals surface area contributed by atoms with Crippen LogP contribution in [0.2, 0.25) is 0 Å². The van der Waals surface area contributed by atoms with Crippen molar-refractivity contribution in [3.8, 4) is 5.75 Å². The van der Waals surface area contributed by atoms with Gasteiger partial charge in [-0.15, -0.1) is 0 Å². The summed E-state index contributed by atoms with van der Waals surface area (Å²) in [6.07, 6.45) is 6.55. The van der Waals surface area contributed by atoms with Gasteiger partial charge in [-0.2, -0.15) is 0 Å². The normalized spacial score (nSPS) is 30.9. The molecule has 2 atom stereocenters. The summed E-state index contributed by atoms with van der Waals surface area (Å²) in [5, 5.41) is 0. The molecule has 3 heteroatoms. The first-order chi connectivity index (χ1) is 11.9. The van der Waals surface area contributed by atoms with E-state index in [1.807, 2.05) is 0 Å². The van der Waals surface area contributed by atoms with Gasteiger partial charge in [0.15, 0.2) is 0 Å². The summed E-state index contributed by atoms with van der Waals surface area (Å²) in [6, 6.07) is 6.74. The molecule has 0 radical (unpaired) electrons. The maximum atomic E-state index is 13.3. The number of hydrogen-bond acceptors (Lipinski definition) is 2. The number of amides is 1. The largest absolute Gasteiger partial charge is 0.496 e. The van der Waals surface area contributed by atoms with Crippen molar-refractivity contribution in [3.63, 3.8) is 0 Å². The summed E-state index contributed by atoms with van der Waals surface area (Å²) in [5.41, 5.74) is 2.91. The van der Waals surface area contributed by atoms with E-state index in [4.69, 9.17) is 4.74 Å².